The van der Waals surface area contributed by atoms with Crippen LogP contribution in [-0.2, 0) is 9.84 Å². The molecule has 28 heavy (non-hydrogen) atoms. The minimum absolute atomic E-state index is 0.0596. The molecule has 2 aromatic rings. The number of carbonyl (C=O) groups is 1. The zero-order chi connectivity index (χ0) is 20.3. The molecule has 0 saturated carbocycles. The molecular weight excluding hydrogens is 384 g/mol. The lowest BCUT2D eigenvalue weighted by atomic mass is 9.87. The smallest absolute Gasteiger partial charge is 0.335 e. The van der Waals surface area contributed by atoms with E-state index in [2.05, 4.69) is 19.1 Å². The number of likely N-dealkylation sites (tertiary alicyclic amines) is 1. The Morgan fingerprint density at radius 2 is 1.75 bits per heavy atom. The van der Waals surface area contributed by atoms with Gasteiger partial charge in [0.15, 0.2) is 0 Å². The number of benzene rings is 2. The first kappa shape index (κ1) is 20.5. The van der Waals surface area contributed by atoms with E-state index < -0.39 is 20.5 Å². The molecule has 1 amide bonds. The quantitative estimate of drug-likeness (QED) is 0.709. The fourth-order valence-corrected chi connectivity index (χ4v) is 4.67. The monoisotopic (exact) mass is 407 g/mol. The van der Waals surface area contributed by atoms with E-state index in [-0.39, 0.29) is 17.9 Å². The predicted molar refractivity (Wildman–Crippen MR) is 103 cm³/mol. The average molecular weight is 407 g/mol. The van der Waals surface area contributed by atoms with Gasteiger partial charge in [-0.2, -0.15) is 8.78 Å². The molecule has 1 aliphatic rings. The maximum Gasteiger partial charge on any atom is 0.341 e. The van der Waals surface area contributed by atoms with E-state index in [9.17, 15) is 22.0 Å². The number of amides is 1. The SMILES string of the molecule is CC[C@@H](c1ccccc1)[C@@H]1CCCN1C(=O)c1ccc(S(=O)(=O)C(F)F)cc1. The van der Waals surface area contributed by atoms with E-state index >= 15 is 0 Å². The Labute approximate surface area is 164 Å². The van der Waals surface area contributed by atoms with Crippen molar-refractivity contribution in [2.24, 2.45) is 0 Å². The molecule has 150 valence electrons. The fourth-order valence-electron chi connectivity index (χ4n) is 3.95. The van der Waals surface area contributed by atoms with Crippen LogP contribution in [0.3, 0.4) is 0 Å². The summed E-state index contributed by atoms with van der Waals surface area (Å²) in [6.07, 6.45) is 2.69. The molecule has 1 heterocycles. The topological polar surface area (TPSA) is 54.5 Å². The molecule has 3 rings (SSSR count). The zero-order valence-electron chi connectivity index (χ0n) is 15.6. The van der Waals surface area contributed by atoms with Gasteiger partial charge in [-0.1, -0.05) is 37.3 Å². The third-order valence-corrected chi connectivity index (χ3v) is 6.75. The van der Waals surface area contributed by atoms with Crippen LogP contribution in [-0.4, -0.2) is 37.6 Å². The first-order valence-electron chi connectivity index (χ1n) is 9.34. The molecule has 7 heteroatoms. The molecule has 1 fully saturated rings. The van der Waals surface area contributed by atoms with Crippen molar-refractivity contribution >= 4 is 15.7 Å². The van der Waals surface area contributed by atoms with Crippen LogP contribution in [0.15, 0.2) is 59.5 Å². The Morgan fingerprint density at radius 1 is 1.11 bits per heavy atom. The molecule has 1 saturated heterocycles. The summed E-state index contributed by atoms with van der Waals surface area (Å²) in [5.41, 5.74) is 1.50. The van der Waals surface area contributed by atoms with Crippen LogP contribution in [0, 0.1) is 0 Å². The standard InChI is InChI=1S/C21H23F2NO3S/c1-2-18(15-7-4-3-5-8-15)19-9-6-14-24(19)20(25)16-10-12-17(13-11-16)28(26,27)21(22)23/h3-5,7-8,10-13,18-19,21H,2,6,9,14H2,1H3/t18-,19-/m0/s1. The van der Waals surface area contributed by atoms with Gasteiger partial charge in [-0.25, -0.2) is 8.42 Å². The number of alkyl halides is 2. The number of hydrogen-bond donors (Lipinski definition) is 0. The summed E-state index contributed by atoms with van der Waals surface area (Å²) < 4.78 is 48.5. The highest BCUT2D eigenvalue weighted by Gasteiger charge is 2.35. The summed E-state index contributed by atoms with van der Waals surface area (Å²) >= 11 is 0. The van der Waals surface area contributed by atoms with Crippen molar-refractivity contribution in [2.75, 3.05) is 6.54 Å². The number of sulfone groups is 1. The van der Waals surface area contributed by atoms with Crippen molar-refractivity contribution in [1.82, 2.24) is 4.90 Å². The Hall–Kier alpha value is -2.28. The number of carbonyl (C=O) groups excluding carboxylic acids is 1. The molecule has 0 bridgehead atoms. The van der Waals surface area contributed by atoms with Gasteiger partial charge in [-0.05, 0) is 49.1 Å². The normalized spacial score (nSPS) is 18.4. The highest BCUT2D eigenvalue weighted by molar-refractivity contribution is 7.91. The molecule has 2 atom stereocenters. The largest absolute Gasteiger partial charge is 0.341 e. The van der Waals surface area contributed by atoms with Gasteiger partial charge in [0, 0.05) is 24.1 Å². The van der Waals surface area contributed by atoms with Gasteiger partial charge in [-0.3, -0.25) is 4.79 Å². The second kappa shape index (κ2) is 8.39. The average Bonchev–Trinajstić information content (AvgIpc) is 3.18. The van der Waals surface area contributed by atoms with E-state index in [1.165, 1.54) is 17.7 Å². The lowest BCUT2D eigenvalue weighted by Crippen LogP contribution is -2.39. The van der Waals surface area contributed by atoms with Crippen molar-refractivity contribution in [3.05, 3.63) is 65.7 Å². The summed E-state index contributed by atoms with van der Waals surface area (Å²) in [6.45, 7) is 2.73. The molecule has 0 N–H and O–H groups in total. The minimum atomic E-state index is -4.66. The molecule has 0 unspecified atom stereocenters. The van der Waals surface area contributed by atoms with Gasteiger partial charge in [0.05, 0.1) is 4.90 Å². The highest BCUT2D eigenvalue weighted by Crippen LogP contribution is 2.34. The summed E-state index contributed by atoms with van der Waals surface area (Å²) in [5, 5.41) is 0. The van der Waals surface area contributed by atoms with Crippen LogP contribution in [0.25, 0.3) is 0 Å². The molecule has 0 aliphatic carbocycles. The molecule has 1 aliphatic heterocycles. The van der Waals surface area contributed by atoms with Gasteiger partial charge < -0.3 is 4.90 Å². The lowest BCUT2D eigenvalue weighted by Gasteiger charge is -2.31. The number of halogens is 2. The number of rotatable bonds is 6. The van der Waals surface area contributed by atoms with Gasteiger partial charge in [0.25, 0.3) is 5.91 Å². The van der Waals surface area contributed by atoms with Gasteiger partial charge in [-0.15, -0.1) is 0 Å². The van der Waals surface area contributed by atoms with E-state index in [0.29, 0.717) is 12.1 Å². The number of hydrogen-bond acceptors (Lipinski definition) is 3. The predicted octanol–water partition coefficient (Wildman–Crippen LogP) is 4.48. The molecule has 4 nitrogen and oxygen atoms in total. The van der Waals surface area contributed by atoms with Gasteiger partial charge in [0.1, 0.15) is 0 Å². The van der Waals surface area contributed by atoms with Crippen LogP contribution in [0.4, 0.5) is 8.78 Å². The van der Waals surface area contributed by atoms with Crippen molar-refractivity contribution in [3.63, 3.8) is 0 Å². The summed E-state index contributed by atoms with van der Waals surface area (Å²) in [4.78, 5) is 14.4. The minimum Gasteiger partial charge on any atom is -0.335 e. The van der Waals surface area contributed by atoms with Gasteiger partial charge in [0.2, 0.25) is 9.84 Å². The Bertz CT molecular complexity index is 914. The van der Waals surface area contributed by atoms with E-state index in [1.54, 1.807) is 0 Å². The Kier molecular flexibility index (Phi) is 6.13. The van der Waals surface area contributed by atoms with Crippen molar-refractivity contribution in [2.45, 2.75) is 48.8 Å². The first-order valence-corrected chi connectivity index (χ1v) is 10.9. The van der Waals surface area contributed by atoms with Crippen LogP contribution in [0.2, 0.25) is 0 Å². The second-order valence-corrected chi connectivity index (χ2v) is 8.88. The fraction of sp³-hybridized carbons (Fsp3) is 0.381. The highest BCUT2D eigenvalue weighted by atomic mass is 32.2. The molecule has 2 aromatic carbocycles. The lowest BCUT2D eigenvalue weighted by molar-refractivity contribution is 0.0714. The van der Waals surface area contributed by atoms with E-state index in [1.807, 2.05) is 23.1 Å². The third-order valence-electron chi connectivity index (χ3n) is 5.36. The van der Waals surface area contributed by atoms with Crippen molar-refractivity contribution in [1.29, 1.82) is 0 Å². The summed E-state index contributed by atoms with van der Waals surface area (Å²) in [7, 11) is -4.66. The van der Waals surface area contributed by atoms with E-state index in [0.717, 1.165) is 31.4 Å². The third kappa shape index (κ3) is 3.94. The maximum absolute atomic E-state index is 13.0. The Balaban J connectivity index is 1.83. The van der Waals surface area contributed by atoms with Crippen LogP contribution >= 0.6 is 0 Å². The first-order chi connectivity index (χ1) is 13.4. The summed E-state index contributed by atoms with van der Waals surface area (Å²) in [6, 6.07) is 14.9. The molecule has 0 aromatic heterocycles. The van der Waals surface area contributed by atoms with E-state index in [4.69, 9.17) is 0 Å². The second-order valence-electron chi connectivity index (χ2n) is 6.96. The van der Waals surface area contributed by atoms with Crippen molar-refractivity contribution < 1.29 is 22.0 Å². The zero-order valence-corrected chi connectivity index (χ0v) is 16.4. The Morgan fingerprint density at radius 3 is 2.32 bits per heavy atom. The van der Waals surface area contributed by atoms with Crippen LogP contribution < -0.4 is 0 Å². The van der Waals surface area contributed by atoms with Gasteiger partial charge >= 0.3 is 5.76 Å². The molecule has 0 radical (unpaired) electrons. The number of nitrogens with zero attached hydrogens (tertiary/aromatic N) is 1. The molecule has 0 spiro atoms. The van der Waals surface area contributed by atoms with Crippen LogP contribution in [0.1, 0.15) is 48.0 Å². The molecular formula is C21H23F2NO3S. The summed E-state index contributed by atoms with van der Waals surface area (Å²) in [5.74, 6) is -3.46. The van der Waals surface area contributed by atoms with Crippen LogP contribution in [0.5, 0.6) is 0 Å². The van der Waals surface area contributed by atoms with Crippen molar-refractivity contribution in [3.8, 4) is 0 Å². The maximum atomic E-state index is 13.0.